The number of hydrogen-bond acceptors (Lipinski definition) is 3. The third-order valence-corrected chi connectivity index (χ3v) is 4.16. The van der Waals surface area contributed by atoms with Crippen molar-refractivity contribution in [3.63, 3.8) is 0 Å². The number of alkyl halides is 2. The highest BCUT2D eigenvalue weighted by molar-refractivity contribution is 5.94. The Morgan fingerprint density at radius 2 is 1.92 bits per heavy atom. The van der Waals surface area contributed by atoms with Crippen LogP contribution in [0.15, 0.2) is 48.7 Å². The summed E-state index contributed by atoms with van der Waals surface area (Å²) in [6.07, 6.45) is -0.532. The van der Waals surface area contributed by atoms with Gasteiger partial charge in [-0.15, -0.1) is 10.2 Å². The summed E-state index contributed by atoms with van der Waals surface area (Å²) in [4.78, 5) is 12.4. The molecule has 0 aliphatic heterocycles. The summed E-state index contributed by atoms with van der Waals surface area (Å²) in [5.41, 5.74) is 1.72. The van der Waals surface area contributed by atoms with E-state index < -0.39 is 12.2 Å². The van der Waals surface area contributed by atoms with Crippen molar-refractivity contribution in [2.45, 2.75) is 25.7 Å². The number of rotatable bonds is 6. The lowest BCUT2D eigenvalue weighted by atomic mass is 9.96. The van der Waals surface area contributed by atoms with Crippen LogP contribution in [0, 0.1) is 0 Å². The van der Waals surface area contributed by atoms with Crippen LogP contribution in [0.25, 0.3) is 5.65 Å². The molecule has 3 rings (SSSR count). The predicted octanol–water partition coefficient (Wildman–Crippen LogP) is 3.59. The first-order chi connectivity index (χ1) is 12.1. The van der Waals surface area contributed by atoms with Crippen molar-refractivity contribution in [2.75, 3.05) is 6.54 Å². The second kappa shape index (κ2) is 7.38. The van der Waals surface area contributed by atoms with Gasteiger partial charge < -0.3 is 5.32 Å². The number of nitrogens with one attached hydrogen (secondary N) is 1. The summed E-state index contributed by atoms with van der Waals surface area (Å²) in [7, 11) is 0. The van der Waals surface area contributed by atoms with Crippen molar-refractivity contribution in [2.24, 2.45) is 0 Å². The fourth-order valence-electron chi connectivity index (χ4n) is 2.73. The lowest BCUT2D eigenvalue weighted by Crippen LogP contribution is -2.28. The van der Waals surface area contributed by atoms with Crippen molar-refractivity contribution in [1.82, 2.24) is 19.9 Å². The second-order valence-electron chi connectivity index (χ2n) is 5.73. The van der Waals surface area contributed by atoms with Crippen LogP contribution in [-0.2, 0) is 0 Å². The standard InChI is InChI=1S/C18H18F2N4O/c1-2-12(13-6-4-3-5-7-13)10-21-18(25)14-8-9-15-22-23-17(16(19)20)24(15)11-14/h3-9,11-12,16H,2,10H2,1H3,(H,21,25). The highest BCUT2D eigenvalue weighted by Gasteiger charge is 2.17. The van der Waals surface area contributed by atoms with Crippen LogP contribution in [0.5, 0.6) is 0 Å². The molecule has 130 valence electrons. The van der Waals surface area contributed by atoms with Crippen molar-refractivity contribution in [3.05, 3.63) is 65.6 Å². The number of aromatic nitrogens is 3. The average Bonchev–Trinajstić information content (AvgIpc) is 3.06. The van der Waals surface area contributed by atoms with Gasteiger partial charge in [0.25, 0.3) is 12.3 Å². The minimum atomic E-state index is -2.75. The van der Waals surface area contributed by atoms with Crippen LogP contribution in [0.4, 0.5) is 8.78 Å². The number of nitrogens with zero attached hydrogens (tertiary/aromatic N) is 3. The number of carbonyl (C=O) groups excluding carboxylic acids is 1. The number of pyridine rings is 1. The Morgan fingerprint density at radius 3 is 2.60 bits per heavy atom. The Labute approximate surface area is 143 Å². The van der Waals surface area contributed by atoms with Crippen molar-refractivity contribution >= 4 is 11.6 Å². The van der Waals surface area contributed by atoms with E-state index in [0.29, 0.717) is 6.54 Å². The average molecular weight is 344 g/mol. The molecule has 0 saturated carbocycles. The van der Waals surface area contributed by atoms with Crippen molar-refractivity contribution in [1.29, 1.82) is 0 Å². The molecule has 1 amide bonds. The van der Waals surface area contributed by atoms with Gasteiger partial charge in [-0.2, -0.15) is 0 Å². The van der Waals surface area contributed by atoms with E-state index >= 15 is 0 Å². The maximum Gasteiger partial charge on any atom is 0.297 e. The molecule has 0 aliphatic rings. The molecule has 1 atom stereocenters. The summed E-state index contributed by atoms with van der Waals surface area (Å²) >= 11 is 0. The Hall–Kier alpha value is -2.83. The molecule has 0 fully saturated rings. The van der Waals surface area contributed by atoms with E-state index in [1.165, 1.54) is 12.3 Å². The predicted molar refractivity (Wildman–Crippen MR) is 89.8 cm³/mol. The van der Waals surface area contributed by atoms with Crippen LogP contribution in [-0.4, -0.2) is 27.0 Å². The van der Waals surface area contributed by atoms with Gasteiger partial charge in [0.2, 0.25) is 5.82 Å². The molecule has 0 radical (unpaired) electrons. The molecule has 5 nitrogen and oxygen atoms in total. The van der Waals surface area contributed by atoms with Gasteiger partial charge >= 0.3 is 0 Å². The summed E-state index contributed by atoms with van der Waals surface area (Å²) in [5, 5.41) is 10.00. The van der Waals surface area contributed by atoms with Gasteiger partial charge in [-0.25, -0.2) is 8.78 Å². The van der Waals surface area contributed by atoms with E-state index in [0.717, 1.165) is 16.4 Å². The SMILES string of the molecule is CCC(CNC(=O)c1ccc2nnc(C(F)F)n2c1)c1ccccc1. The van der Waals surface area contributed by atoms with Crippen molar-refractivity contribution < 1.29 is 13.6 Å². The van der Waals surface area contributed by atoms with E-state index in [1.54, 1.807) is 6.07 Å². The monoisotopic (exact) mass is 344 g/mol. The molecule has 0 saturated heterocycles. The van der Waals surface area contributed by atoms with Gasteiger partial charge in [-0.1, -0.05) is 37.3 Å². The van der Waals surface area contributed by atoms with Gasteiger partial charge in [0, 0.05) is 18.7 Å². The van der Waals surface area contributed by atoms with Gasteiger partial charge in [-0.05, 0) is 24.1 Å². The number of hydrogen-bond donors (Lipinski definition) is 1. The molecular formula is C18H18F2N4O. The maximum atomic E-state index is 12.9. The summed E-state index contributed by atoms with van der Waals surface area (Å²) in [6.45, 7) is 2.53. The first kappa shape index (κ1) is 17.0. The maximum absolute atomic E-state index is 12.9. The first-order valence-electron chi connectivity index (χ1n) is 8.06. The zero-order chi connectivity index (χ0) is 17.8. The lowest BCUT2D eigenvalue weighted by molar-refractivity contribution is 0.0950. The van der Waals surface area contributed by atoms with E-state index in [-0.39, 0.29) is 23.0 Å². The van der Waals surface area contributed by atoms with E-state index in [9.17, 15) is 13.6 Å². The Morgan fingerprint density at radius 1 is 1.16 bits per heavy atom. The largest absolute Gasteiger partial charge is 0.351 e. The fourth-order valence-corrected chi connectivity index (χ4v) is 2.73. The van der Waals surface area contributed by atoms with E-state index in [1.807, 2.05) is 30.3 Å². The molecule has 2 heterocycles. The number of fused-ring (bicyclic) bond motifs is 1. The molecule has 1 aromatic carbocycles. The molecular weight excluding hydrogens is 326 g/mol. The fraction of sp³-hybridized carbons (Fsp3) is 0.278. The topological polar surface area (TPSA) is 59.3 Å². The van der Waals surface area contributed by atoms with Crippen LogP contribution < -0.4 is 5.32 Å². The number of halogens is 2. The Kier molecular flexibility index (Phi) is 5.02. The molecule has 0 spiro atoms. The minimum absolute atomic E-state index is 0.195. The molecule has 0 aliphatic carbocycles. The smallest absolute Gasteiger partial charge is 0.297 e. The third-order valence-electron chi connectivity index (χ3n) is 4.16. The molecule has 1 unspecified atom stereocenters. The highest BCUT2D eigenvalue weighted by Crippen LogP contribution is 2.19. The van der Waals surface area contributed by atoms with E-state index in [4.69, 9.17) is 0 Å². The summed E-state index contributed by atoms with van der Waals surface area (Å²) in [5.74, 6) is -0.592. The quantitative estimate of drug-likeness (QED) is 0.743. The molecule has 25 heavy (non-hydrogen) atoms. The zero-order valence-corrected chi connectivity index (χ0v) is 13.7. The van der Waals surface area contributed by atoms with Gasteiger partial charge in [0.15, 0.2) is 5.65 Å². The minimum Gasteiger partial charge on any atom is -0.351 e. The van der Waals surface area contributed by atoms with Gasteiger partial charge in [0.05, 0.1) is 5.56 Å². The second-order valence-corrected chi connectivity index (χ2v) is 5.73. The summed E-state index contributed by atoms with van der Waals surface area (Å²) < 4.78 is 27.0. The van der Waals surface area contributed by atoms with Crippen LogP contribution in [0.2, 0.25) is 0 Å². The molecule has 1 N–H and O–H groups in total. The molecule has 2 aromatic heterocycles. The molecule has 0 bridgehead atoms. The molecule has 3 aromatic rings. The highest BCUT2D eigenvalue weighted by atomic mass is 19.3. The van der Waals surface area contributed by atoms with Gasteiger partial charge in [-0.3, -0.25) is 9.20 Å². The molecule has 7 heteroatoms. The zero-order valence-electron chi connectivity index (χ0n) is 13.7. The normalized spacial score (nSPS) is 12.5. The van der Waals surface area contributed by atoms with Crippen LogP contribution >= 0.6 is 0 Å². The number of benzene rings is 1. The Balaban J connectivity index is 1.74. The number of amides is 1. The summed E-state index contributed by atoms with van der Waals surface area (Å²) in [6, 6.07) is 13.0. The Bertz CT molecular complexity index is 864. The van der Waals surface area contributed by atoms with Gasteiger partial charge in [0.1, 0.15) is 0 Å². The van der Waals surface area contributed by atoms with Crippen LogP contribution in [0.3, 0.4) is 0 Å². The lowest BCUT2D eigenvalue weighted by Gasteiger charge is -2.16. The number of carbonyl (C=O) groups is 1. The third kappa shape index (κ3) is 3.65. The van der Waals surface area contributed by atoms with Crippen LogP contribution in [0.1, 0.15) is 47.4 Å². The first-order valence-corrected chi connectivity index (χ1v) is 8.06. The van der Waals surface area contributed by atoms with E-state index in [2.05, 4.69) is 22.4 Å². The van der Waals surface area contributed by atoms with Crippen molar-refractivity contribution in [3.8, 4) is 0 Å².